The first-order valence-corrected chi connectivity index (χ1v) is 8.99. The summed E-state index contributed by atoms with van der Waals surface area (Å²) in [5.74, 6) is -0.486. The summed E-state index contributed by atoms with van der Waals surface area (Å²) in [6.45, 7) is 0. The van der Waals surface area contributed by atoms with E-state index < -0.39 is 15.8 Å². The molecule has 6 heteroatoms. The summed E-state index contributed by atoms with van der Waals surface area (Å²) in [6, 6.07) is 17.2. The van der Waals surface area contributed by atoms with Gasteiger partial charge in [0.2, 0.25) is 0 Å². The minimum Gasteiger partial charge on any atom is -0.280 e. The number of aromatic nitrogens is 1. The number of sulfonamides is 1. The van der Waals surface area contributed by atoms with Crippen molar-refractivity contribution in [1.29, 1.82) is 0 Å². The Kier molecular flexibility index (Phi) is 4.90. The van der Waals surface area contributed by atoms with E-state index in [9.17, 15) is 12.8 Å². The molecule has 3 aromatic rings. The monoisotopic (exact) mass is 354 g/mol. The molecule has 0 aliphatic heterocycles. The van der Waals surface area contributed by atoms with E-state index in [1.54, 1.807) is 24.4 Å². The molecule has 126 valence electrons. The molecule has 0 radical (unpaired) electrons. The Morgan fingerprint density at radius 2 is 1.72 bits per heavy atom. The second-order valence-electron chi connectivity index (χ2n) is 5.27. The van der Waals surface area contributed by atoms with E-state index in [2.05, 4.69) is 9.71 Å². The number of pyridine rings is 1. The second kappa shape index (κ2) is 7.27. The van der Waals surface area contributed by atoms with E-state index in [1.807, 2.05) is 36.4 Å². The molecule has 0 aliphatic carbocycles. The molecular formula is C19H15FN2O2S. The number of nitrogens with zero attached hydrogens (tertiary/aromatic N) is 1. The van der Waals surface area contributed by atoms with Crippen LogP contribution in [0.3, 0.4) is 0 Å². The van der Waals surface area contributed by atoms with Crippen LogP contribution >= 0.6 is 0 Å². The van der Waals surface area contributed by atoms with Gasteiger partial charge in [-0.2, -0.15) is 0 Å². The lowest BCUT2D eigenvalue weighted by atomic mass is 10.2. The first kappa shape index (κ1) is 16.9. The normalized spacial score (nSPS) is 11.6. The van der Waals surface area contributed by atoms with Crippen LogP contribution in [0.25, 0.3) is 12.2 Å². The van der Waals surface area contributed by atoms with Gasteiger partial charge >= 0.3 is 0 Å². The van der Waals surface area contributed by atoms with Gasteiger partial charge in [-0.1, -0.05) is 24.3 Å². The lowest BCUT2D eigenvalue weighted by molar-refractivity contribution is 0.599. The van der Waals surface area contributed by atoms with Crippen LogP contribution in [-0.4, -0.2) is 13.4 Å². The highest BCUT2D eigenvalue weighted by Crippen LogP contribution is 2.18. The van der Waals surface area contributed by atoms with E-state index >= 15 is 0 Å². The summed E-state index contributed by atoms with van der Waals surface area (Å²) >= 11 is 0. The quantitative estimate of drug-likeness (QED) is 0.747. The first-order valence-electron chi connectivity index (χ1n) is 7.50. The van der Waals surface area contributed by atoms with Crippen molar-refractivity contribution in [3.05, 3.63) is 90.0 Å². The Labute approximate surface area is 145 Å². The largest absolute Gasteiger partial charge is 0.280 e. The van der Waals surface area contributed by atoms with Crippen LogP contribution < -0.4 is 4.72 Å². The molecule has 0 amide bonds. The SMILES string of the molecule is O=S(=O)(Nc1cccc(/C=C/c2ccccn2)c1)c1ccc(F)cc1. The van der Waals surface area contributed by atoms with Gasteiger partial charge in [-0.05, 0) is 60.2 Å². The Balaban J connectivity index is 1.79. The van der Waals surface area contributed by atoms with E-state index in [0.717, 1.165) is 23.4 Å². The average Bonchev–Trinajstić information content (AvgIpc) is 2.61. The van der Waals surface area contributed by atoms with Crippen LogP contribution in [-0.2, 0) is 10.0 Å². The molecule has 3 rings (SSSR count). The molecule has 0 saturated heterocycles. The van der Waals surface area contributed by atoms with Gasteiger partial charge < -0.3 is 0 Å². The molecule has 0 spiro atoms. The second-order valence-corrected chi connectivity index (χ2v) is 6.96. The third-order valence-electron chi connectivity index (χ3n) is 3.40. The average molecular weight is 354 g/mol. The first-order chi connectivity index (χ1) is 12.0. The number of hydrogen-bond donors (Lipinski definition) is 1. The molecule has 1 N–H and O–H groups in total. The van der Waals surface area contributed by atoms with Gasteiger partial charge in [0.25, 0.3) is 10.0 Å². The summed E-state index contributed by atoms with van der Waals surface area (Å²) in [7, 11) is -3.77. The van der Waals surface area contributed by atoms with Crippen LogP contribution in [0.4, 0.5) is 10.1 Å². The number of anilines is 1. The van der Waals surface area contributed by atoms with E-state index in [4.69, 9.17) is 0 Å². The lowest BCUT2D eigenvalue weighted by Gasteiger charge is -2.08. The molecule has 0 fully saturated rings. The summed E-state index contributed by atoms with van der Waals surface area (Å²) in [5.41, 5.74) is 2.05. The molecular weight excluding hydrogens is 339 g/mol. The zero-order chi connectivity index (χ0) is 17.7. The number of halogens is 1. The smallest absolute Gasteiger partial charge is 0.261 e. The number of benzene rings is 2. The maximum absolute atomic E-state index is 13.0. The van der Waals surface area contributed by atoms with Crippen molar-refractivity contribution in [2.24, 2.45) is 0 Å². The van der Waals surface area contributed by atoms with Gasteiger partial charge in [-0.25, -0.2) is 12.8 Å². The van der Waals surface area contributed by atoms with Crippen molar-refractivity contribution in [3.8, 4) is 0 Å². The Bertz CT molecular complexity index is 985. The molecule has 25 heavy (non-hydrogen) atoms. The zero-order valence-corrected chi connectivity index (χ0v) is 13.9. The van der Waals surface area contributed by atoms with Gasteiger partial charge in [-0.15, -0.1) is 0 Å². The van der Waals surface area contributed by atoms with Gasteiger partial charge in [0.05, 0.1) is 10.6 Å². The summed E-state index contributed by atoms with van der Waals surface area (Å²) < 4.78 is 40.1. The number of hydrogen-bond acceptors (Lipinski definition) is 3. The molecule has 2 aromatic carbocycles. The Morgan fingerprint density at radius 1 is 0.920 bits per heavy atom. The fourth-order valence-electron chi connectivity index (χ4n) is 2.19. The van der Waals surface area contributed by atoms with E-state index in [0.29, 0.717) is 5.69 Å². The topological polar surface area (TPSA) is 59.1 Å². The maximum Gasteiger partial charge on any atom is 0.261 e. The highest BCUT2D eigenvalue weighted by molar-refractivity contribution is 7.92. The molecule has 0 atom stereocenters. The van der Waals surface area contributed by atoms with Gasteiger partial charge in [0.15, 0.2) is 0 Å². The fourth-order valence-corrected chi connectivity index (χ4v) is 3.24. The van der Waals surface area contributed by atoms with Gasteiger partial charge in [0, 0.05) is 11.9 Å². The molecule has 0 saturated carbocycles. The van der Waals surface area contributed by atoms with Gasteiger partial charge in [-0.3, -0.25) is 9.71 Å². The maximum atomic E-state index is 13.0. The van der Waals surface area contributed by atoms with Gasteiger partial charge in [0.1, 0.15) is 5.82 Å². The lowest BCUT2D eigenvalue weighted by Crippen LogP contribution is -2.12. The summed E-state index contributed by atoms with van der Waals surface area (Å²) in [4.78, 5) is 4.20. The number of rotatable bonds is 5. The van der Waals surface area contributed by atoms with Crippen molar-refractivity contribution in [3.63, 3.8) is 0 Å². The number of nitrogens with one attached hydrogen (secondary N) is 1. The Morgan fingerprint density at radius 3 is 2.44 bits per heavy atom. The molecule has 0 aliphatic rings. The van der Waals surface area contributed by atoms with Crippen LogP contribution in [0.15, 0.2) is 77.8 Å². The highest BCUT2D eigenvalue weighted by atomic mass is 32.2. The third-order valence-corrected chi connectivity index (χ3v) is 4.79. The van der Waals surface area contributed by atoms with Crippen LogP contribution in [0.5, 0.6) is 0 Å². The summed E-state index contributed by atoms with van der Waals surface area (Å²) in [6.07, 6.45) is 5.39. The van der Waals surface area contributed by atoms with Crippen LogP contribution in [0.2, 0.25) is 0 Å². The Hall–Kier alpha value is -2.99. The molecule has 0 unspecified atom stereocenters. The zero-order valence-electron chi connectivity index (χ0n) is 13.1. The van der Waals surface area contributed by atoms with Crippen molar-refractivity contribution in [2.45, 2.75) is 4.90 Å². The third kappa shape index (κ3) is 4.51. The van der Waals surface area contributed by atoms with Crippen LogP contribution in [0, 0.1) is 5.82 Å². The fraction of sp³-hybridized carbons (Fsp3) is 0. The van der Waals surface area contributed by atoms with Crippen molar-refractivity contribution >= 4 is 27.9 Å². The molecule has 4 nitrogen and oxygen atoms in total. The molecule has 1 heterocycles. The van der Waals surface area contributed by atoms with Crippen molar-refractivity contribution < 1.29 is 12.8 Å². The summed E-state index contributed by atoms with van der Waals surface area (Å²) in [5, 5.41) is 0. The van der Waals surface area contributed by atoms with E-state index in [-0.39, 0.29) is 4.90 Å². The highest BCUT2D eigenvalue weighted by Gasteiger charge is 2.14. The van der Waals surface area contributed by atoms with Crippen molar-refractivity contribution in [1.82, 2.24) is 4.98 Å². The predicted molar refractivity (Wildman–Crippen MR) is 96.8 cm³/mol. The minimum absolute atomic E-state index is 0.00308. The standard InChI is InChI=1S/C19H15FN2O2S/c20-16-8-11-19(12-9-16)25(23,24)22-18-6-3-4-15(14-18)7-10-17-5-1-2-13-21-17/h1-14,22H/b10-7+. The van der Waals surface area contributed by atoms with E-state index in [1.165, 1.54) is 12.1 Å². The van der Waals surface area contributed by atoms with Crippen molar-refractivity contribution in [2.75, 3.05) is 4.72 Å². The molecule has 0 bridgehead atoms. The van der Waals surface area contributed by atoms with Crippen LogP contribution in [0.1, 0.15) is 11.3 Å². The minimum atomic E-state index is -3.77. The molecule has 1 aromatic heterocycles. The predicted octanol–water partition coefficient (Wildman–Crippen LogP) is 4.19.